The fourth-order valence-corrected chi connectivity index (χ4v) is 4.53. The maximum absolute atomic E-state index is 14.5. The van der Waals surface area contributed by atoms with Crippen LogP contribution in [0.15, 0.2) is 30.6 Å². The number of aromatic nitrogens is 4. The van der Waals surface area contributed by atoms with E-state index >= 15 is 0 Å². The molecule has 1 aromatic carbocycles. The van der Waals surface area contributed by atoms with Crippen LogP contribution in [0.25, 0.3) is 16.6 Å². The third-order valence-electron chi connectivity index (χ3n) is 5.73. The molecule has 0 radical (unpaired) electrons. The second-order valence-corrected chi connectivity index (χ2v) is 8.54. The van der Waals surface area contributed by atoms with Crippen LogP contribution in [0.2, 0.25) is 0 Å². The maximum Gasteiger partial charge on any atom is 0.249 e. The van der Waals surface area contributed by atoms with E-state index in [4.69, 9.17) is 5.73 Å². The summed E-state index contributed by atoms with van der Waals surface area (Å²) in [6.45, 7) is 7.70. The average Bonchev–Trinajstić information content (AvgIpc) is 3.29. The Bertz CT molecular complexity index is 1330. The average molecular weight is 436 g/mol. The number of anilines is 3. The fourth-order valence-electron chi connectivity index (χ4n) is 4.53. The van der Waals surface area contributed by atoms with Crippen LogP contribution in [0.4, 0.5) is 21.6 Å². The summed E-state index contributed by atoms with van der Waals surface area (Å²) in [6.07, 6.45) is 3.46. The topological polar surface area (TPSA) is 116 Å². The lowest BCUT2D eigenvalue weighted by molar-refractivity contribution is 0.100. The molecule has 0 spiro atoms. The SMILES string of the molecule is Cc1cn2cc(Nc3n[nH]c4cc(N5C[C@@H](C)N[C@H](C)C5)cc(C(N)=O)c34)cc(F)c2n1. The van der Waals surface area contributed by atoms with E-state index in [2.05, 4.69) is 44.6 Å². The van der Waals surface area contributed by atoms with Crippen molar-refractivity contribution in [1.82, 2.24) is 24.9 Å². The Morgan fingerprint density at radius 3 is 2.69 bits per heavy atom. The van der Waals surface area contributed by atoms with Gasteiger partial charge in [0.25, 0.3) is 0 Å². The van der Waals surface area contributed by atoms with Gasteiger partial charge in [-0.25, -0.2) is 9.37 Å². The minimum atomic E-state index is -0.551. The molecule has 1 amide bonds. The third kappa shape index (κ3) is 3.52. The number of hydrogen-bond donors (Lipinski definition) is 4. The van der Waals surface area contributed by atoms with Gasteiger partial charge in [-0.15, -0.1) is 0 Å². The Morgan fingerprint density at radius 1 is 1.22 bits per heavy atom. The molecule has 1 saturated heterocycles. The number of nitrogens with two attached hydrogens (primary N) is 1. The molecule has 0 unspecified atom stereocenters. The molecule has 4 aromatic rings. The molecule has 2 atom stereocenters. The minimum Gasteiger partial charge on any atom is -0.368 e. The highest BCUT2D eigenvalue weighted by Crippen LogP contribution is 2.32. The minimum absolute atomic E-state index is 0.252. The van der Waals surface area contributed by atoms with E-state index in [1.54, 1.807) is 29.8 Å². The summed E-state index contributed by atoms with van der Waals surface area (Å²) in [5.41, 5.74) is 9.13. The lowest BCUT2D eigenvalue weighted by atomic mass is 10.0. The number of carbonyl (C=O) groups is 1. The van der Waals surface area contributed by atoms with Crippen LogP contribution in [0.3, 0.4) is 0 Å². The summed E-state index contributed by atoms with van der Waals surface area (Å²) in [5, 5.41) is 14.5. The number of aromatic amines is 1. The number of aryl methyl sites for hydroxylation is 1. The van der Waals surface area contributed by atoms with Crippen molar-refractivity contribution < 1.29 is 9.18 Å². The molecule has 1 fully saturated rings. The van der Waals surface area contributed by atoms with E-state index in [9.17, 15) is 9.18 Å². The number of nitrogens with zero attached hydrogens (tertiary/aromatic N) is 4. The van der Waals surface area contributed by atoms with Gasteiger partial charge in [-0.2, -0.15) is 5.10 Å². The van der Waals surface area contributed by atoms with Crippen LogP contribution in [-0.2, 0) is 0 Å². The van der Waals surface area contributed by atoms with Crippen molar-refractivity contribution in [2.75, 3.05) is 23.3 Å². The number of carbonyl (C=O) groups excluding carboxylic acids is 1. The van der Waals surface area contributed by atoms with Crippen molar-refractivity contribution in [2.45, 2.75) is 32.9 Å². The molecule has 1 aliphatic rings. The number of rotatable bonds is 4. The van der Waals surface area contributed by atoms with E-state index < -0.39 is 11.7 Å². The van der Waals surface area contributed by atoms with E-state index in [0.29, 0.717) is 45.7 Å². The number of H-pyrrole nitrogens is 1. The van der Waals surface area contributed by atoms with Crippen molar-refractivity contribution in [2.24, 2.45) is 5.73 Å². The summed E-state index contributed by atoms with van der Waals surface area (Å²) in [7, 11) is 0. The fraction of sp³-hybridized carbons (Fsp3) is 0.318. The summed E-state index contributed by atoms with van der Waals surface area (Å²) >= 11 is 0. The van der Waals surface area contributed by atoms with Crippen molar-refractivity contribution in [3.63, 3.8) is 0 Å². The molecule has 166 valence electrons. The zero-order valence-corrected chi connectivity index (χ0v) is 18.1. The molecule has 5 N–H and O–H groups in total. The summed E-state index contributed by atoms with van der Waals surface area (Å²) in [5.74, 6) is -0.607. The van der Waals surface area contributed by atoms with Crippen LogP contribution >= 0.6 is 0 Å². The van der Waals surface area contributed by atoms with Crippen LogP contribution in [0, 0.1) is 12.7 Å². The second kappa shape index (κ2) is 7.49. The molecule has 1 aliphatic heterocycles. The zero-order chi connectivity index (χ0) is 22.6. The molecule has 0 bridgehead atoms. The number of imidazole rings is 1. The van der Waals surface area contributed by atoms with Gasteiger partial charge in [0.2, 0.25) is 5.91 Å². The number of halogens is 1. The predicted octanol–water partition coefficient (Wildman–Crippen LogP) is 2.69. The number of pyridine rings is 1. The third-order valence-corrected chi connectivity index (χ3v) is 5.73. The quantitative estimate of drug-likeness (QED) is 0.391. The summed E-state index contributed by atoms with van der Waals surface area (Å²) in [6, 6.07) is 5.76. The Hall–Kier alpha value is -3.66. The monoisotopic (exact) mass is 436 g/mol. The number of amides is 1. The van der Waals surface area contributed by atoms with Gasteiger partial charge in [0.15, 0.2) is 17.3 Å². The first kappa shape index (κ1) is 20.3. The van der Waals surface area contributed by atoms with Crippen molar-refractivity contribution >= 4 is 39.6 Å². The highest BCUT2D eigenvalue weighted by atomic mass is 19.1. The largest absolute Gasteiger partial charge is 0.368 e. The highest BCUT2D eigenvalue weighted by molar-refractivity contribution is 6.11. The van der Waals surface area contributed by atoms with Gasteiger partial charge < -0.3 is 25.7 Å². The molecule has 4 heterocycles. The van der Waals surface area contributed by atoms with Gasteiger partial charge in [0.05, 0.1) is 27.8 Å². The van der Waals surface area contributed by atoms with Crippen LogP contribution in [0.1, 0.15) is 29.9 Å². The Labute approximate surface area is 183 Å². The van der Waals surface area contributed by atoms with Crippen molar-refractivity contribution in [1.29, 1.82) is 0 Å². The number of piperazine rings is 1. The molecule has 0 saturated carbocycles. The molecule has 9 nitrogen and oxygen atoms in total. The Kier molecular flexibility index (Phi) is 4.74. The first-order valence-electron chi connectivity index (χ1n) is 10.5. The number of nitrogens with one attached hydrogen (secondary N) is 3. The smallest absolute Gasteiger partial charge is 0.249 e. The van der Waals surface area contributed by atoms with Gasteiger partial charge in [-0.3, -0.25) is 9.89 Å². The first-order valence-corrected chi connectivity index (χ1v) is 10.5. The van der Waals surface area contributed by atoms with Gasteiger partial charge in [-0.1, -0.05) is 0 Å². The van der Waals surface area contributed by atoms with Crippen LogP contribution < -0.4 is 21.3 Å². The summed E-state index contributed by atoms with van der Waals surface area (Å²) in [4.78, 5) is 18.8. The van der Waals surface area contributed by atoms with Crippen LogP contribution in [0.5, 0.6) is 0 Å². The maximum atomic E-state index is 14.5. The van der Waals surface area contributed by atoms with E-state index in [-0.39, 0.29) is 5.65 Å². The number of benzene rings is 1. The lowest BCUT2D eigenvalue weighted by Gasteiger charge is -2.37. The van der Waals surface area contributed by atoms with Crippen molar-refractivity contribution in [3.05, 3.63) is 47.7 Å². The molecule has 10 heteroatoms. The van der Waals surface area contributed by atoms with E-state index in [1.807, 2.05) is 6.07 Å². The molecule has 3 aromatic heterocycles. The number of fused-ring (bicyclic) bond motifs is 2. The Morgan fingerprint density at radius 2 is 1.97 bits per heavy atom. The van der Waals surface area contributed by atoms with Crippen LogP contribution in [-0.4, -0.2) is 50.7 Å². The molecule has 0 aliphatic carbocycles. The second-order valence-electron chi connectivity index (χ2n) is 8.54. The molecule has 32 heavy (non-hydrogen) atoms. The molecule has 5 rings (SSSR count). The number of primary amides is 1. The zero-order valence-electron chi connectivity index (χ0n) is 18.1. The Balaban J connectivity index is 1.56. The lowest BCUT2D eigenvalue weighted by Crippen LogP contribution is -2.54. The van der Waals surface area contributed by atoms with E-state index in [0.717, 1.165) is 18.8 Å². The normalized spacial score (nSPS) is 19.1. The molecular weight excluding hydrogens is 411 g/mol. The van der Waals surface area contributed by atoms with Gasteiger partial charge in [0, 0.05) is 49.3 Å². The van der Waals surface area contributed by atoms with Gasteiger partial charge in [-0.05, 0) is 32.9 Å². The summed E-state index contributed by atoms with van der Waals surface area (Å²) < 4.78 is 16.1. The predicted molar refractivity (Wildman–Crippen MR) is 122 cm³/mol. The van der Waals surface area contributed by atoms with Gasteiger partial charge in [0.1, 0.15) is 0 Å². The van der Waals surface area contributed by atoms with E-state index in [1.165, 1.54) is 6.07 Å². The molecular formula is C22H25FN8O. The number of hydrogen-bond acceptors (Lipinski definition) is 6. The van der Waals surface area contributed by atoms with Gasteiger partial charge >= 0.3 is 0 Å². The highest BCUT2D eigenvalue weighted by Gasteiger charge is 2.24. The first-order chi connectivity index (χ1) is 15.3. The van der Waals surface area contributed by atoms with Crippen molar-refractivity contribution in [3.8, 4) is 0 Å². The standard InChI is InChI=1S/C22H25FN8O/c1-11-7-30(8-12(2)25-11)15-5-16(20(24)32)19-18(6-15)28-29-21(19)27-14-4-17(23)22-26-13(3)9-31(22)10-14/h4-6,9-12,25H,7-8H2,1-3H3,(H2,24,32)(H2,27,28,29)/t11-,12-/m1/s1.